The highest BCUT2D eigenvalue weighted by Gasteiger charge is 2.11. The molecule has 0 aromatic heterocycles. The average Bonchev–Trinajstić information content (AvgIpc) is 2.39. The molecule has 2 nitrogen and oxygen atoms in total. The second-order valence-electron chi connectivity index (χ2n) is 5.00. The number of benzene rings is 1. The fourth-order valence-corrected chi connectivity index (χ4v) is 2.31. The zero-order chi connectivity index (χ0) is 13.4. The second kappa shape index (κ2) is 8.28. The van der Waals surface area contributed by atoms with E-state index in [1.54, 1.807) is 0 Å². The van der Waals surface area contributed by atoms with Gasteiger partial charge < -0.3 is 10.6 Å². The van der Waals surface area contributed by atoms with E-state index in [4.69, 9.17) is 5.73 Å². The van der Waals surface area contributed by atoms with E-state index in [0.29, 0.717) is 0 Å². The first-order valence-corrected chi connectivity index (χ1v) is 7.28. The van der Waals surface area contributed by atoms with Crippen molar-refractivity contribution in [2.24, 2.45) is 5.73 Å². The molecular formula is C16H28N2. The van der Waals surface area contributed by atoms with Crippen molar-refractivity contribution in [2.45, 2.75) is 46.1 Å². The van der Waals surface area contributed by atoms with Gasteiger partial charge >= 0.3 is 0 Å². The van der Waals surface area contributed by atoms with E-state index in [1.165, 1.54) is 24.0 Å². The van der Waals surface area contributed by atoms with E-state index in [-0.39, 0.29) is 6.04 Å². The van der Waals surface area contributed by atoms with E-state index >= 15 is 0 Å². The normalized spacial score (nSPS) is 12.9. The summed E-state index contributed by atoms with van der Waals surface area (Å²) in [5, 5.41) is 0. The molecule has 1 aromatic carbocycles. The molecule has 1 unspecified atom stereocenters. The van der Waals surface area contributed by atoms with Crippen LogP contribution in [-0.4, -0.2) is 24.5 Å². The van der Waals surface area contributed by atoms with Gasteiger partial charge in [-0.25, -0.2) is 0 Å². The number of nitrogens with two attached hydrogens (primary N) is 1. The monoisotopic (exact) mass is 248 g/mol. The predicted molar refractivity (Wildman–Crippen MR) is 79.8 cm³/mol. The molecule has 0 aliphatic rings. The number of rotatable bonds is 8. The molecule has 0 saturated carbocycles. The maximum Gasteiger partial charge on any atom is 0.0424 e. The first-order valence-electron chi connectivity index (χ1n) is 7.28. The Morgan fingerprint density at radius 3 is 2.00 bits per heavy atom. The van der Waals surface area contributed by atoms with Crippen molar-refractivity contribution in [2.75, 3.05) is 19.6 Å². The molecule has 1 aromatic rings. The van der Waals surface area contributed by atoms with Crippen molar-refractivity contribution in [3.8, 4) is 0 Å². The van der Waals surface area contributed by atoms with Gasteiger partial charge in [0.25, 0.3) is 0 Å². The minimum Gasteiger partial charge on any atom is -0.323 e. The Bertz CT molecular complexity index is 312. The summed E-state index contributed by atoms with van der Waals surface area (Å²) in [5.41, 5.74) is 8.94. The van der Waals surface area contributed by atoms with Crippen LogP contribution < -0.4 is 5.73 Å². The Kier molecular flexibility index (Phi) is 6.99. The van der Waals surface area contributed by atoms with Crippen molar-refractivity contribution >= 4 is 0 Å². The smallest absolute Gasteiger partial charge is 0.0424 e. The quantitative estimate of drug-likeness (QED) is 0.764. The SMILES string of the molecule is CCCN(CCC)CC(N)c1ccc(CC)cc1. The van der Waals surface area contributed by atoms with E-state index in [2.05, 4.69) is 49.9 Å². The van der Waals surface area contributed by atoms with Crippen LogP contribution in [0.2, 0.25) is 0 Å². The Balaban J connectivity index is 2.58. The minimum atomic E-state index is 0.133. The largest absolute Gasteiger partial charge is 0.323 e. The summed E-state index contributed by atoms with van der Waals surface area (Å²) < 4.78 is 0. The predicted octanol–water partition coefficient (Wildman–Crippen LogP) is 3.37. The molecule has 0 radical (unpaired) electrons. The molecule has 0 spiro atoms. The van der Waals surface area contributed by atoms with Crippen LogP contribution in [0.1, 0.15) is 50.8 Å². The lowest BCUT2D eigenvalue weighted by atomic mass is 10.0. The molecule has 0 aliphatic heterocycles. The van der Waals surface area contributed by atoms with Gasteiger partial charge in [-0.2, -0.15) is 0 Å². The Morgan fingerprint density at radius 1 is 1.00 bits per heavy atom. The fraction of sp³-hybridized carbons (Fsp3) is 0.625. The van der Waals surface area contributed by atoms with Gasteiger partial charge in [-0.15, -0.1) is 0 Å². The summed E-state index contributed by atoms with van der Waals surface area (Å²) in [7, 11) is 0. The molecular weight excluding hydrogens is 220 g/mol. The molecule has 0 saturated heterocycles. The number of nitrogens with zero attached hydrogens (tertiary/aromatic N) is 1. The van der Waals surface area contributed by atoms with Gasteiger partial charge in [-0.3, -0.25) is 0 Å². The Hall–Kier alpha value is -0.860. The summed E-state index contributed by atoms with van der Waals surface area (Å²) in [5.74, 6) is 0. The maximum absolute atomic E-state index is 6.31. The molecule has 102 valence electrons. The van der Waals surface area contributed by atoms with E-state index < -0.39 is 0 Å². The van der Waals surface area contributed by atoms with Crippen LogP contribution in [-0.2, 0) is 6.42 Å². The molecule has 2 heteroatoms. The lowest BCUT2D eigenvalue weighted by molar-refractivity contribution is 0.258. The van der Waals surface area contributed by atoms with Crippen molar-refractivity contribution < 1.29 is 0 Å². The van der Waals surface area contributed by atoms with Crippen molar-refractivity contribution in [1.82, 2.24) is 4.90 Å². The first kappa shape index (κ1) is 15.2. The highest BCUT2D eigenvalue weighted by atomic mass is 15.1. The summed E-state index contributed by atoms with van der Waals surface area (Å²) in [6.45, 7) is 9.89. The fourth-order valence-electron chi connectivity index (χ4n) is 2.31. The Morgan fingerprint density at radius 2 is 1.56 bits per heavy atom. The van der Waals surface area contributed by atoms with Crippen LogP contribution in [0.15, 0.2) is 24.3 Å². The van der Waals surface area contributed by atoms with Crippen LogP contribution in [0.25, 0.3) is 0 Å². The molecule has 18 heavy (non-hydrogen) atoms. The zero-order valence-electron chi connectivity index (χ0n) is 12.2. The third-order valence-electron chi connectivity index (χ3n) is 3.35. The minimum absolute atomic E-state index is 0.133. The van der Waals surface area contributed by atoms with Crippen LogP contribution in [0.3, 0.4) is 0 Å². The standard InChI is InChI=1S/C16H28N2/c1-4-11-18(12-5-2)13-16(17)15-9-7-14(6-3)8-10-15/h7-10,16H,4-6,11-13,17H2,1-3H3. The van der Waals surface area contributed by atoms with Crippen molar-refractivity contribution in [3.63, 3.8) is 0 Å². The molecule has 0 fully saturated rings. The molecule has 0 bridgehead atoms. The second-order valence-corrected chi connectivity index (χ2v) is 5.00. The molecule has 0 amide bonds. The van der Waals surface area contributed by atoms with Crippen LogP contribution >= 0.6 is 0 Å². The van der Waals surface area contributed by atoms with Crippen molar-refractivity contribution in [3.05, 3.63) is 35.4 Å². The highest BCUT2D eigenvalue weighted by molar-refractivity contribution is 5.25. The molecule has 0 heterocycles. The van der Waals surface area contributed by atoms with Gasteiger partial charge in [0.2, 0.25) is 0 Å². The van der Waals surface area contributed by atoms with Gasteiger partial charge in [0.05, 0.1) is 0 Å². The topological polar surface area (TPSA) is 29.3 Å². The first-order chi connectivity index (χ1) is 8.71. The molecule has 1 rings (SSSR count). The number of hydrogen-bond acceptors (Lipinski definition) is 2. The number of hydrogen-bond donors (Lipinski definition) is 1. The van der Waals surface area contributed by atoms with E-state index in [1.807, 2.05) is 0 Å². The zero-order valence-corrected chi connectivity index (χ0v) is 12.2. The van der Waals surface area contributed by atoms with Gasteiger partial charge in [0, 0.05) is 12.6 Å². The van der Waals surface area contributed by atoms with Crippen molar-refractivity contribution in [1.29, 1.82) is 0 Å². The highest BCUT2D eigenvalue weighted by Crippen LogP contribution is 2.14. The lowest BCUT2D eigenvalue weighted by Gasteiger charge is -2.25. The maximum atomic E-state index is 6.31. The average molecular weight is 248 g/mol. The summed E-state index contributed by atoms with van der Waals surface area (Å²) >= 11 is 0. The lowest BCUT2D eigenvalue weighted by Crippen LogP contribution is -2.33. The molecule has 1 atom stereocenters. The van der Waals surface area contributed by atoms with Gasteiger partial charge in [-0.05, 0) is 43.5 Å². The molecule has 0 aliphatic carbocycles. The summed E-state index contributed by atoms with van der Waals surface area (Å²) in [4.78, 5) is 2.47. The third kappa shape index (κ3) is 4.79. The van der Waals surface area contributed by atoms with Gasteiger partial charge in [0.1, 0.15) is 0 Å². The summed E-state index contributed by atoms with van der Waals surface area (Å²) in [6.07, 6.45) is 3.48. The number of aryl methyl sites for hydroxylation is 1. The van der Waals surface area contributed by atoms with E-state index in [9.17, 15) is 0 Å². The van der Waals surface area contributed by atoms with E-state index in [0.717, 1.165) is 26.1 Å². The van der Waals surface area contributed by atoms with Gasteiger partial charge in [0.15, 0.2) is 0 Å². The third-order valence-corrected chi connectivity index (χ3v) is 3.35. The summed E-state index contributed by atoms with van der Waals surface area (Å²) in [6, 6.07) is 8.88. The van der Waals surface area contributed by atoms with Gasteiger partial charge in [-0.1, -0.05) is 45.0 Å². The van der Waals surface area contributed by atoms with Crippen LogP contribution in [0, 0.1) is 0 Å². The van der Waals surface area contributed by atoms with Crippen LogP contribution in [0.4, 0.5) is 0 Å². The van der Waals surface area contributed by atoms with Crippen LogP contribution in [0.5, 0.6) is 0 Å². The Labute approximate surface area is 112 Å². The molecule has 2 N–H and O–H groups in total.